The fourth-order valence-electron chi connectivity index (χ4n) is 4.96. The molecule has 2 aromatic carbocycles. The molecule has 0 saturated carbocycles. The number of phenols is 1. The first kappa shape index (κ1) is 19.0. The van der Waals surface area contributed by atoms with E-state index in [-0.39, 0.29) is 5.60 Å². The minimum Gasteiger partial charge on any atom is -0.507 e. The van der Waals surface area contributed by atoms with E-state index in [1.165, 1.54) is 16.8 Å². The third-order valence-corrected chi connectivity index (χ3v) is 6.92. The van der Waals surface area contributed by atoms with Crippen molar-refractivity contribution < 1.29 is 9.84 Å². The van der Waals surface area contributed by atoms with Gasteiger partial charge in [-0.05, 0) is 75.3 Å². The van der Waals surface area contributed by atoms with Crippen molar-refractivity contribution in [2.45, 2.75) is 59.1 Å². The highest BCUT2D eigenvalue weighted by Crippen LogP contribution is 2.44. The van der Waals surface area contributed by atoms with Crippen molar-refractivity contribution in [1.29, 1.82) is 0 Å². The van der Waals surface area contributed by atoms with Gasteiger partial charge in [-0.15, -0.1) is 0 Å². The summed E-state index contributed by atoms with van der Waals surface area (Å²) in [5, 5.41) is 18.6. The van der Waals surface area contributed by atoms with E-state index in [4.69, 9.17) is 4.74 Å². The van der Waals surface area contributed by atoms with Crippen LogP contribution in [0, 0.1) is 20.8 Å². The van der Waals surface area contributed by atoms with Gasteiger partial charge in [0.05, 0.1) is 12.2 Å². The second kappa shape index (κ2) is 6.79. The smallest absolute Gasteiger partial charge is 0.127 e. The average molecular weight is 404 g/mol. The number of ether oxygens (including phenoxy) is 1. The van der Waals surface area contributed by atoms with Gasteiger partial charge in [-0.1, -0.05) is 18.2 Å². The van der Waals surface area contributed by atoms with Gasteiger partial charge in [-0.2, -0.15) is 5.10 Å². The number of nitrogens with zero attached hydrogens (tertiary/aromatic N) is 2. The Labute approximate surface area is 177 Å². The van der Waals surface area contributed by atoms with E-state index in [0.29, 0.717) is 12.3 Å². The Kier molecular flexibility index (Phi) is 4.31. The van der Waals surface area contributed by atoms with Crippen LogP contribution in [0.5, 0.6) is 11.5 Å². The highest BCUT2D eigenvalue weighted by Gasteiger charge is 2.36. The molecule has 5 nitrogen and oxygen atoms in total. The van der Waals surface area contributed by atoms with Crippen LogP contribution in [-0.4, -0.2) is 27.0 Å². The zero-order valence-electron chi connectivity index (χ0n) is 18.2. The fraction of sp³-hybridized carbons (Fsp3) is 0.400. The summed E-state index contributed by atoms with van der Waals surface area (Å²) in [6, 6.07) is 8.59. The van der Waals surface area contributed by atoms with E-state index in [1.54, 1.807) is 0 Å². The summed E-state index contributed by atoms with van der Waals surface area (Å²) < 4.78 is 8.72. The summed E-state index contributed by atoms with van der Waals surface area (Å²) in [4.78, 5) is 0. The van der Waals surface area contributed by atoms with E-state index in [0.717, 1.165) is 59.5 Å². The summed E-state index contributed by atoms with van der Waals surface area (Å²) in [7, 11) is 0. The van der Waals surface area contributed by atoms with Crippen LogP contribution in [0.2, 0.25) is 0 Å². The Morgan fingerprint density at radius 2 is 1.97 bits per heavy atom. The first-order valence-corrected chi connectivity index (χ1v) is 10.8. The zero-order valence-corrected chi connectivity index (χ0v) is 18.2. The lowest BCUT2D eigenvalue weighted by Crippen LogP contribution is -2.41. The van der Waals surface area contributed by atoms with E-state index in [2.05, 4.69) is 46.3 Å². The summed E-state index contributed by atoms with van der Waals surface area (Å²) >= 11 is 0. The van der Waals surface area contributed by atoms with Gasteiger partial charge in [0, 0.05) is 29.6 Å². The molecule has 0 saturated heterocycles. The van der Waals surface area contributed by atoms with Crippen LogP contribution in [0.4, 0.5) is 5.69 Å². The number of para-hydroxylation sites is 1. The third kappa shape index (κ3) is 2.87. The van der Waals surface area contributed by atoms with Gasteiger partial charge in [-0.25, -0.2) is 0 Å². The molecule has 0 fully saturated rings. The number of nitrogens with one attached hydrogen (secondary N) is 1. The molecule has 3 heterocycles. The van der Waals surface area contributed by atoms with Crippen LogP contribution in [-0.2, 0) is 19.4 Å². The minimum absolute atomic E-state index is 0.361. The summed E-state index contributed by atoms with van der Waals surface area (Å²) in [5.74, 6) is 1.34. The van der Waals surface area contributed by atoms with Gasteiger partial charge >= 0.3 is 0 Å². The second-order valence-electron chi connectivity index (χ2n) is 8.97. The predicted molar refractivity (Wildman–Crippen MR) is 120 cm³/mol. The molecule has 0 amide bonds. The Morgan fingerprint density at radius 1 is 1.13 bits per heavy atom. The van der Waals surface area contributed by atoms with E-state index < -0.39 is 0 Å². The SMILES string of the molecule is Cc1c(C)c2c(c(C)c1O)CCC(C)(Cn1nccc1-c1cccc3c1NCC3)O2. The first-order valence-electron chi connectivity index (χ1n) is 10.8. The molecule has 1 aromatic heterocycles. The van der Waals surface area contributed by atoms with Crippen molar-refractivity contribution in [3.05, 3.63) is 58.3 Å². The van der Waals surface area contributed by atoms with Gasteiger partial charge in [-0.3, -0.25) is 4.68 Å². The number of hydrogen-bond donors (Lipinski definition) is 2. The minimum atomic E-state index is -0.361. The van der Waals surface area contributed by atoms with Gasteiger partial charge in [0.15, 0.2) is 0 Å². The van der Waals surface area contributed by atoms with Crippen LogP contribution in [0.15, 0.2) is 30.5 Å². The van der Waals surface area contributed by atoms with Crippen LogP contribution >= 0.6 is 0 Å². The van der Waals surface area contributed by atoms with Crippen molar-refractivity contribution in [3.8, 4) is 22.8 Å². The van der Waals surface area contributed by atoms with Crippen LogP contribution in [0.1, 0.15) is 41.2 Å². The van der Waals surface area contributed by atoms with Crippen LogP contribution in [0.25, 0.3) is 11.3 Å². The number of fused-ring (bicyclic) bond motifs is 2. The van der Waals surface area contributed by atoms with Gasteiger partial charge in [0.2, 0.25) is 0 Å². The molecule has 2 aliphatic rings. The third-order valence-electron chi connectivity index (χ3n) is 6.92. The van der Waals surface area contributed by atoms with Crippen molar-refractivity contribution in [3.63, 3.8) is 0 Å². The summed E-state index contributed by atoms with van der Waals surface area (Å²) in [6.07, 6.45) is 4.72. The first-order chi connectivity index (χ1) is 14.4. The molecule has 5 heteroatoms. The van der Waals surface area contributed by atoms with Gasteiger partial charge in [0.25, 0.3) is 0 Å². The molecule has 0 spiro atoms. The number of hydrogen-bond acceptors (Lipinski definition) is 4. The van der Waals surface area contributed by atoms with E-state index in [9.17, 15) is 5.11 Å². The van der Waals surface area contributed by atoms with Crippen LogP contribution in [0.3, 0.4) is 0 Å². The Bertz CT molecular complexity index is 1150. The maximum absolute atomic E-state index is 10.4. The quantitative estimate of drug-likeness (QED) is 0.651. The topological polar surface area (TPSA) is 59.3 Å². The lowest BCUT2D eigenvalue weighted by atomic mass is 9.87. The zero-order chi connectivity index (χ0) is 21.0. The molecule has 30 heavy (non-hydrogen) atoms. The van der Waals surface area contributed by atoms with E-state index >= 15 is 0 Å². The lowest BCUT2D eigenvalue weighted by Gasteiger charge is -2.38. The summed E-state index contributed by atoms with van der Waals surface area (Å²) in [5.41, 5.74) is 8.58. The molecule has 2 N–H and O–H groups in total. The largest absolute Gasteiger partial charge is 0.507 e. The van der Waals surface area contributed by atoms with Gasteiger partial charge in [0.1, 0.15) is 17.1 Å². The monoisotopic (exact) mass is 403 g/mol. The molecule has 2 aliphatic heterocycles. The standard InChI is InChI=1S/C25H29N3O2/c1-15-16(2)24-19(17(3)23(15)29)8-11-25(4,30-24)14-28-21(10-13-27-28)20-7-5-6-18-9-12-26-22(18)20/h5-7,10,13,26,29H,8-9,11-12,14H2,1-4H3. The summed E-state index contributed by atoms with van der Waals surface area (Å²) in [6.45, 7) is 9.83. The highest BCUT2D eigenvalue weighted by atomic mass is 16.5. The fourth-order valence-corrected chi connectivity index (χ4v) is 4.96. The number of phenolic OH excluding ortho intramolecular Hbond substituents is 1. The van der Waals surface area contributed by atoms with Crippen molar-refractivity contribution in [1.82, 2.24) is 9.78 Å². The number of anilines is 1. The van der Waals surface area contributed by atoms with E-state index in [1.807, 2.05) is 27.0 Å². The molecule has 5 rings (SSSR count). The van der Waals surface area contributed by atoms with Crippen molar-refractivity contribution >= 4 is 5.69 Å². The number of aromatic nitrogens is 2. The molecule has 0 aliphatic carbocycles. The Morgan fingerprint density at radius 3 is 2.80 bits per heavy atom. The molecule has 0 bridgehead atoms. The Hall–Kier alpha value is -2.95. The average Bonchev–Trinajstić information content (AvgIpc) is 3.39. The molecule has 1 unspecified atom stereocenters. The molecule has 0 radical (unpaired) electrons. The highest BCUT2D eigenvalue weighted by molar-refractivity contribution is 5.80. The normalized spacial score (nSPS) is 19.7. The molecule has 156 valence electrons. The van der Waals surface area contributed by atoms with Gasteiger partial charge < -0.3 is 15.2 Å². The molecule has 3 aromatic rings. The number of rotatable bonds is 3. The molecule has 1 atom stereocenters. The van der Waals surface area contributed by atoms with Crippen molar-refractivity contribution in [2.24, 2.45) is 0 Å². The predicted octanol–water partition coefficient (Wildman–Crippen LogP) is 4.93. The van der Waals surface area contributed by atoms with Crippen LogP contribution < -0.4 is 10.1 Å². The molecular weight excluding hydrogens is 374 g/mol. The Balaban J connectivity index is 1.49. The van der Waals surface area contributed by atoms with Crippen molar-refractivity contribution in [2.75, 3.05) is 11.9 Å². The number of benzene rings is 2. The lowest BCUT2D eigenvalue weighted by molar-refractivity contribution is 0.0432. The number of aromatic hydroxyl groups is 1. The maximum atomic E-state index is 10.4. The maximum Gasteiger partial charge on any atom is 0.127 e. The second-order valence-corrected chi connectivity index (χ2v) is 8.97. The molecular formula is C25H29N3O2.